The van der Waals surface area contributed by atoms with Crippen LogP contribution in [-0.4, -0.2) is 55.9 Å². The van der Waals surface area contributed by atoms with Crippen LogP contribution in [0.5, 0.6) is 0 Å². The Kier molecular flexibility index (Phi) is 9.95. The van der Waals surface area contributed by atoms with Gasteiger partial charge in [-0.2, -0.15) is 0 Å². The highest BCUT2D eigenvalue weighted by molar-refractivity contribution is 5.83. The average Bonchev–Trinajstić information content (AvgIpc) is 2.48. The molecular formula is C16H22O9. The van der Waals surface area contributed by atoms with E-state index in [1.165, 1.54) is 14.0 Å². The summed E-state index contributed by atoms with van der Waals surface area (Å²) in [4.78, 5) is 56.4. The zero-order valence-corrected chi connectivity index (χ0v) is 14.8. The number of ketones is 1. The third kappa shape index (κ3) is 8.75. The number of carbonyl (C=O) groups is 5. The van der Waals surface area contributed by atoms with E-state index in [9.17, 15) is 24.0 Å². The number of Topliss-reactive ketones (excluding diaryl/α,β-unsaturated/α-hetero) is 1. The van der Waals surface area contributed by atoms with Crippen molar-refractivity contribution >= 4 is 30.0 Å². The molecule has 0 aromatic heterocycles. The number of hydrogen-bond acceptors (Lipinski definition) is 9. The summed E-state index contributed by atoms with van der Waals surface area (Å²) in [6.07, 6.45) is -2.34. The fraction of sp³-hybridized carbons (Fsp3) is 0.562. The van der Waals surface area contributed by atoms with Crippen molar-refractivity contribution in [1.29, 1.82) is 0 Å². The molecular weight excluding hydrogens is 336 g/mol. The summed E-state index contributed by atoms with van der Waals surface area (Å²) in [7, 11) is 1.24. The summed E-state index contributed by atoms with van der Waals surface area (Å²) in [5, 5.41) is 0. The quantitative estimate of drug-likeness (QED) is 0.180. The van der Waals surface area contributed by atoms with Crippen LogP contribution < -0.4 is 0 Å². The molecule has 2 unspecified atom stereocenters. The summed E-state index contributed by atoms with van der Waals surface area (Å²) in [6, 6.07) is 0. The maximum Gasteiger partial charge on any atom is 0.308 e. The first-order chi connectivity index (χ1) is 11.6. The predicted octanol–water partition coefficient (Wildman–Crippen LogP) is 0.491. The van der Waals surface area contributed by atoms with Crippen LogP contribution in [0.2, 0.25) is 0 Å². The highest BCUT2D eigenvalue weighted by atomic mass is 16.6. The van der Waals surface area contributed by atoms with Gasteiger partial charge in [0.05, 0.1) is 0 Å². The number of hydrogen-bond donors (Lipinski definition) is 0. The molecule has 0 saturated carbocycles. The molecule has 0 aliphatic heterocycles. The number of rotatable bonds is 10. The average molecular weight is 358 g/mol. The van der Waals surface area contributed by atoms with Crippen molar-refractivity contribution in [3.05, 3.63) is 11.3 Å². The molecule has 9 heteroatoms. The van der Waals surface area contributed by atoms with E-state index in [1.807, 2.05) is 0 Å². The van der Waals surface area contributed by atoms with Gasteiger partial charge in [0.2, 0.25) is 0 Å². The molecule has 0 spiro atoms. The molecule has 0 aliphatic rings. The first-order valence-corrected chi connectivity index (χ1v) is 7.31. The first kappa shape index (κ1) is 22.4. The zero-order chi connectivity index (χ0) is 19.6. The fourth-order valence-corrected chi connectivity index (χ4v) is 2.03. The molecule has 0 aromatic carbocycles. The highest BCUT2D eigenvalue weighted by Gasteiger charge is 2.32. The van der Waals surface area contributed by atoms with Crippen LogP contribution >= 0.6 is 0 Å². The zero-order valence-electron chi connectivity index (χ0n) is 14.8. The third-order valence-electron chi connectivity index (χ3n) is 2.82. The highest BCUT2D eigenvalue weighted by Crippen LogP contribution is 2.22. The molecule has 0 aromatic rings. The Bertz CT molecular complexity index is 562. The maximum absolute atomic E-state index is 11.6. The van der Waals surface area contributed by atoms with Crippen LogP contribution in [0.1, 0.15) is 34.1 Å². The van der Waals surface area contributed by atoms with E-state index in [-0.39, 0.29) is 30.7 Å². The van der Waals surface area contributed by atoms with Crippen LogP contribution in [0.4, 0.5) is 0 Å². The largest absolute Gasteiger partial charge is 0.462 e. The van der Waals surface area contributed by atoms with E-state index < -0.39 is 35.9 Å². The van der Waals surface area contributed by atoms with Gasteiger partial charge in [-0.1, -0.05) is 0 Å². The minimum Gasteiger partial charge on any atom is -0.462 e. The third-order valence-corrected chi connectivity index (χ3v) is 2.82. The van der Waals surface area contributed by atoms with Crippen molar-refractivity contribution in [2.75, 3.05) is 13.7 Å². The lowest BCUT2D eigenvalue weighted by molar-refractivity contribution is -0.163. The minimum absolute atomic E-state index is 0.00129. The van der Waals surface area contributed by atoms with Crippen LogP contribution in [0, 0.1) is 0 Å². The Hall–Kier alpha value is -2.55. The first-order valence-electron chi connectivity index (χ1n) is 7.31. The summed E-state index contributed by atoms with van der Waals surface area (Å²) in [6.45, 7) is 4.26. The predicted molar refractivity (Wildman–Crippen MR) is 83.1 cm³/mol. The van der Waals surface area contributed by atoms with Gasteiger partial charge in [0.25, 0.3) is 0 Å². The van der Waals surface area contributed by atoms with Gasteiger partial charge in [0, 0.05) is 39.9 Å². The molecule has 0 aliphatic carbocycles. The van der Waals surface area contributed by atoms with E-state index in [2.05, 4.69) is 0 Å². The Morgan fingerprint density at radius 2 is 1.56 bits per heavy atom. The standard InChI is InChI=1S/C16H22O9/c1-9(18)6-13(14(7-17)24-11(3)20)16(22-5)15(25-12(4)21)8-23-10(2)19/h7,15-16H,6,8H2,1-5H3/b14-13+. The van der Waals surface area contributed by atoms with E-state index in [0.717, 1.165) is 20.8 Å². The van der Waals surface area contributed by atoms with Gasteiger partial charge in [-0.25, -0.2) is 0 Å². The minimum atomic E-state index is -1.15. The lowest BCUT2D eigenvalue weighted by atomic mass is 9.98. The maximum atomic E-state index is 11.6. The van der Waals surface area contributed by atoms with Gasteiger partial charge in [-0.3, -0.25) is 24.0 Å². The Labute approximate surface area is 145 Å². The van der Waals surface area contributed by atoms with Crippen LogP contribution in [-0.2, 0) is 42.9 Å². The second kappa shape index (κ2) is 11.1. The Morgan fingerprint density at radius 3 is 1.92 bits per heavy atom. The second-order valence-corrected chi connectivity index (χ2v) is 5.09. The molecule has 0 amide bonds. The Balaban J connectivity index is 5.96. The van der Waals surface area contributed by atoms with Crippen LogP contribution in [0.3, 0.4) is 0 Å². The number of allylic oxidation sites excluding steroid dienone is 1. The second-order valence-electron chi connectivity index (χ2n) is 5.09. The van der Waals surface area contributed by atoms with Gasteiger partial charge in [-0.05, 0) is 6.92 Å². The van der Waals surface area contributed by atoms with Crippen LogP contribution in [0.15, 0.2) is 11.3 Å². The summed E-state index contributed by atoms with van der Waals surface area (Å²) in [5.41, 5.74) is -0.00129. The van der Waals surface area contributed by atoms with E-state index in [1.54, 1.807) is 0 Å². The van der Waals surface area contributed by atoms with Gasteiger partial charge in [0.15, 0.2) is 18.1 Å². The van der Waals surface area contributed by atoms with E-state index >= 15 is 0 Å². The molecule has 0 fully saturated rings. The smallest absolute Gasteiger partial charge is 0.308 e. The molecule has 140 valence electrons. The van der Waals surface area contributed by atoms with Gasteiger partial charge in [0.1, 0.15) is 18.5 Å². The van der Waals surface area contributed by atoms with Crippen molar-refractivity contribution < 1.29 is 42.9 Å². The van der Waals surface area contributed by atoms with Crippen molar-refractivity contribution in [1.82, 2.24) is 0 Å². The van der Waals surface area contributed by atoms with Crippen molar-refractivity contribution in [3.8, 4) is 0 Å². The molecule has 25 heavy (non-hydrogen) atoms. The summed E-state index contributed by atoms with van der Waals surface area (Å²) in [5.74, 6) is -2.87. The number of esters is 3. The summed E-state index contributed by atoms with van der Waals surface area (Å²) < 4.78 is 20.0. The molecule has 0 N–H and O–H groups in total. The van der Waals surface area contributed by atoms with Crippen molar-refractivity contribution in [2.45, 2.75) is 46.3 Å². The molecule has 0 radical (unpaired) electrons. The number of methoxy groups -OCH3 is 1. The molecule has 9 nitrogen and oxygen atoms in total. The van der Waals surface area contributed by atoms with Crippen molar-refractivity contribution in [3.63, 3.8) is 0 Å². The fourth-order valence-electron chi connectivity index (χ4n) is 2.03. The molecule has 2 atom stereocenters. The molecule has 0 saturated heterocycles. The molecule has 0 bridgehead atoms. The van der Waals surface area contributed by atoms with Gasteiger partial charge >= 0.3 is 17.9 Å². The van der Waals surface area contributed by atoms with Gasteiger partial charge < -0.3 is 18.9 Å². The van der Waals surface area contributed by atoms with Crippen molar-refractivity contribution in [2.24, 2.45) is 0 Å². The van der Waals surface area contributed by atoms with E-state index in [4.69, 9.17) is 18.9 Å². The summed E-state index contributed by atoms with van der Waals surface area (Å²) >= 11 is 0. The van der Waals surface area contributed by atoms with E-state index in [0.29, 0.717) is 0 Å². The molecule has 0 rings (SSSR count). The van der Waals surface area contributed by atoms with Gasteiger partial charge in [-0.15, -0.1) is 0 Å². The number of ether oxygens (including phenoxy) is 4. The Morgan fingerprint density at radius 1 is 0.960 bits per heavy atom. The number of carbonyl (C=O) groups excluding carboxylic acids is 5. The number of aldehydes is 1. The SMILES string of the molecule is COC(/C(CC(C)=O)=C(\C=O)OC(C)=O)C(COC(C)=O)OC(C)=O. The van der Waals surface area contributed by atoms with Crippen LogP contribution in [0.25, 0.3) is 0 Å². The topological polar surface area (TPSA) is 122 Å². The monoisotopic (exact) mass is 358 g/mol. The lowest BCUT2D eigenvalue weighted by Gasteiger charge is -2.27. The normalized spacial score (nSPS) is 13.8. The molecule has 0 heterocycles. The lowest BCUT2D eigenvalue weighted by Crippen LogP contribution is -2.39.